The predicted molar refractivity (Wildman–Crippen MR) is 95.0 cm³/mol. The van der Waals surface area contributed by atoms with Crippen molar-refractivity contribution in [3.8, 4) is 10.7 Å². The van der Waals surface area contributed by atoms with Crippen LogP contribution in [0.1, 0.15) is 11.5 Å². The summed E-state index contributed by atoms with van der Waals surface area (Å²) in [6.07, 6.45) is 0. The lowest BCUT2D eigenvalue weighted by Crippen LogP contribution is -2.27. The first-order valence-corrected chi connectivity index (χ1v) is 9.26. The molecule has 0 N–H and O–H groups in total. The van der Waals surface area contributed by atoms with Crippen LogP contribution >= 0.6 is 23.1 Å². The number of nitrogens with zero attached hydrogens (tertiary/aromatic N) is 4. The van der Waals surface area contributed by atoms with E-state index in [4.69, 9.17) is 4.42 Å². The maximum Gasteiger partial charge on any atom is 0.233 e. The van der Waals surface area contributed by atoms with Gasteiger partial charge in [-0.15, -0.1) is 21.5 Å². The molecule has 6 nitrogen and oxygen atoms in total. The minimum absolute atomic E-state index is 0.0229. The van der Waals surface area contributed by atoms with Crippen LogP contribution in [0, 0.1) is 6.92 Å². The lowest BCUT2D eigenvalue weighted by atomic mass is 10.4. The van der Waals surface area contributed by atoms with Gasteiger partial charge in [0.25, 0.3) is 0 Å². The molecule has 0 spiro atoms. The molecule has 126 valence electrons. The van der Waals surface area contributed by atoms with E-state index in [0.717, 1.165) is 27.4 Å². The SMILES string of the molecule is Cc1ccc(CN(C)C(=O)CSc2nnc(-c3cccs3)n2C)o1. The number of aromatic nitrogens is 3. The van der Waals surface area contributed by atoms with Crippen molar-refractivity contribution in [3.05, 3.63) is 41.2 Å². The molecule has 0 aromatic carbocycles. The van der Waals surface area contributed by atoms with Gasteiger partial charge in [-0.05, 0) is 30.5 Å². The summed E-state index contributed by atoms with van der Waals surface area (Å²) in [5, 5.41) is 11.1. The Morgan fingerprint density at radius 3 is 2.88 bits per heavy atom. The summed E-state index contributed by atoms with van der Waals surface area (Å²) in [4.78, 5) is 15.0. The van der Waals surface area contributed by atoms with Crippen LogP contribution < -0.4 is 0 Å². The van der Waals surface area contributed by atoms with Crippen LogP contribution in [0.2, 0.25) is 0 Å². The molecule has 0 unspecified atom stereocenters. The molecular weight excluding hydrogens is 344 g/mol. The Bertz CT molecular complexity index is 823. The van der Waals surface area contributed by atoms with Gasteiger partial charge in [-0.25, -0.2) is 0 Å². The third-order valence-electron chi connectivity index (χ3n) is 3.52. The highest BCUT2D eigenvalue weighted by Crippen LogP contribution is 2.26. The molecule has 1 amide bonds. The average Bonchev–Trinajstić information content (AvgIpc) is 3.27. The van der Waals surface area contributed by atoms with Gasteiger partial charge in [-0.2, -0.15) is 0 Å². The lowest BCUT2D eigenvalue weighted by Gasteiger charge is -2.15. The molecule has 0 fully saturated rings. The summed E-state index contributed by atoms with van der Waals surface area (Å²) in [5.74, 6) is 2.79. The maximum atomic E-state index is 12.3. The van der Waals surface area contributed by atoms with E-state index in [1.807, 2.05) is 48.2 Å². The molecule has 3 aromatic heterocycles. The Morgan fingerprint density at radius 1 is 1.38 bits per heavy atom. The molecule has 8 heteroatoms. The number of hydrogen-bond acceptors (Lipinski definition) is 6. The Labute approximate surface area is 148 Å². The molecule has 0 radical (unpaired) electrons. The number of furan rings is 1. The Morgan fingerprint density at radius 2 is 2.21 bits per heavy atom. The number of aryl methyl sites for hydroxylation is 1. The van der Waals surface area contributed by atoms with Gasteiger partial charge in [-0.1, -0.05) is 17.8 Å². The average molecular weight is 362 g/mol. The molecule has 0 saturated heterocycles. The van der Waals surface area contributed by atoms with Gasteiger partial charge in [0.1, 0.15) is 11.5 Å². The summed E-state index contributed by atoms with van der Waals surface area (Å²) in [5.41, 5.74) is 0. The normalized spacial score (nSPS) is 11.0. The van der Waals surface area contributed by atoms with Crippen LogP contribution in [0.4, 0.5) is 0 Å². The van der Waals surface area contributed by atoms with Gasteiger partial charge in [0.2, 0.25) is 5.91 Å². The largest absolute Gasteiger partial charge is 0.464 e. The molecule has 0 aliphatic heterocycles. The molecule has 0 saturated carbocycles. The highest BCUT2D eigenvalue weighted by atomic mass is 32.2. The summed E-state index contributed by atoms with van der Waals surface area (Å²) in [7, 11) is 3.69. The van der Waals surface area contributed by atoms with Gasteiger partial charge in [0.15, 0.2) is 11.0 Å². The number of rotatable bonds is 6. The Balaban J connectivity index is 1.58. The first kappa shape index (κ1) is 16.8. The fourth-order valence-electron chi connectivity index (χ4n) is 2.19. The quantitative estimate of drug-likeness (QED) is 0.630. The van der Waals surface area contributed by atoms with Gasteiger partial charge in [0, 0.05) is 14.1 Å². The van der Waals surface area contributed by atoms with Crippen molar-refractivity contribution in [1.82, 2.24) is 19.7 Å². The molecular formula is C16H18N4O2S2. The molecule has 0 aliphatic carbocycles. The zero-order valence-corrected chi connectivity index (χ0v) is 15.4. The van der Waals surface area contributed by atoms with Gasteiger partial charge in [0.05, 0.1) is 17.2 Å². The number of thioether (sulfide) groups is 1. The standard InChI is InChI=1S/C16H18N4O2S2/c1-11-6-7-12(22-11)9-19(2)14(21)10-24-16-18-17-15(20(16)3)13-5-4-8-23-13/h4-8H,9-10H2,1-3H3. The lowest BCUT2D eigenvalue weighted by molar-refractivity contribution is -0.127. The monoisotopic (exact) mass is 362 g/mol. The van der Waals surface area contributed by atoms with Gasteiger partial charge >= 0.3 is 0 Å². The van der Waals surface area contributed by atoms with Gasteiger partial charge < -0.3 is 13.9 Å². The topological polar surface area (TPSA) is 64.2 Å². The van der Waals surface area contributed by atoms with Crippen molar-refractivity contribution in [2.45, 2.75) is 18.6 Å². The van der Waals surface area contributed by atoms with Crippen LogP contribution in [0.5, 0.6) is 0 Å². The van der Waals surface area contributed by atoms with Crippen molar-refractivity contribution in [2.24, 2.45) is 7.05 Å². The number of carbonyl (C=O) groups excluding carboxylic acids is 1. The first-order valence-electron chi connectivity index (χ1n) is 7.40. The highest BCUT2D eigenvalue weighted by molar-refractivity contribution is 7.99. The molecule has 0 bridgehead atoms. The van der Waals surface area contributed by atoms with E-state index in [1.165, 1.54) is 11.8 Å². The zero-order valence-electron chi connectivity index (χ0n) is 13.7. The van der Waals surface area contributed by atoms with Crippen molar-refractivity contribution in [2.75, 3.05) is 12.8 Å². The van der Waals surface area contributed by atoms with Crippen molar-refractivity contribution in [3.63, 3.8) is 0 Å². The summed E-state index contributed by atoms with van der Waals surface area (Å²) < 4.78 is 7.42. The number of amides is 1. The van der Waals surface area contributed by atoms with E-state index in [-0.39, 0.29) is 5.91 Å². The third kappa shape index (κ3) is 3.70. The third-order valence-corrected chi connectivity index (χ3v) is 5.39. The summed E-state index contributed by atoms with van der Waals surface area (Å²) in [6.45, 7) is 2.35. The van der Waals surface area contributed by atoms with Crippen LogP contribution in [0.25, 0.3) is 10.7 Å². The number of carbonyl (C=O) groups is 1. The zero-order chi connectivity index (χ0) is 17.1. The molecule has 0 atom stereocenters. The van der Waals surface area contributed by atoms with Crippen LogP contribution in [0.15, 0.2) is 39.2 Å². The van der Waals surface area contributed by atoms with Crippen molar-refractivity contribution >= 4 is 29.0 Å². The highest BCUT2D eigenvalue weighted by Gasteiger charge is 2.16. The second kappa shape index (κ2) is 7.23. The second-order valence-corrected chi connectivity index (χ2v) is 7.28. The fourth-order valence-corrected chi connectivity index (χ4v) is 3.79. The smallest absolute Gasteiger partial charge is 0.233 e. The molecule has 24 heavy (non-hydrogen) atoms. The molecule has 0 aliphatic rings. The maximum absolute atomic E-state index is 12.3. The Hall–Kier alpha value is -2.06. The van der Waals surface area contributed by atoms with E-state index < -0.39 is 0 Å². The number of hydrogen-bond donors (Lipinski definition) is 0. The second-order valence-electron chi connectivity index (χ2n) is 5.39. The molecule has 3 heterocycles. The molecule has 3 rings (SSSR count). The first-order chi connectivity index (χ1) is 11.5. The van der Waals surface area contributed by atoms with Crippen LogP contribution in [0.3, 0.4) is 0 Å². The van der Waals surface area contributed by atoms with E-state index in [1.54, 1.807) is 23.3 Å². The van der Waals surface area contributed by atoms with Crippen molar-refractivity contribution < 1.29 is 9.21 Å². The van der Waals surface area contributed by atoms with Crippen LogP contribution in [-0.4, -0.2) is 38.4 Å². The minimum atomic E-state index is 0.0229. The van der Waals surface area contributed by atoms with E-state index in [9.17, 15) is 4.79 Å². The van der Waals surface area contributed by atoms with E-state index in [0.29, 0.717) is 12.3 Å². The molecule has 3 aromatic rings. The summed E-state index contributed by atoms with van der Waals surface area (Å²) >= 11 is 3.01. The summed E-state index contributed by atoms with van der Waals surface area (Å²) in [6, 6.07) is 7.78. The fraction of sp³-hybridized carbons (Fsp3) is 0.312. The minimum Gasteiger partial charge on any atom is -0.464 e. The van der Waals surface area contributed by atoms with E-state index in [2.05, 4.69) is 10.2 Å². The van der Waals surface area contributed by atoms with E-state index >= 15 is 0 Å². The number of thiophene rings is 1. The van der Waals surface area contributed by atoms with Crippen LogP contribution in [-0.2, 0) is 18.4 Å². The van der Waals surface area contributed by atoms with Gasteiger partial charge in [-0.3, -0.25) is 4.79 Å². The Kier molecular flexibility index (Phi) is 5.06. The predicted octanol–water partition coefficient (Wildman–Crippen LogP) is 3.20. The van der Waals surface area contributed by atoms with Crippen molar-refractivity contribution in [1.29, 1.82) is 0 Å².